The third kappa shape index (κ3) is 4.35. The number of anilines is 1. The molecule has 1 aliphatic heterocycles. The van der Waals surface area contributed by atoms with Gasteiger partial charge in [-0.05, 0) is 36.1 Å². The van der Waals surface area contributed by atoms with Gasteiger partial charge in [0, 0.05) is 12.2 Å². The monoisotopic (exact) mass is 354 g/mol. The zero-order chi connectivity index (χ0) is 18.5. The SMILES string of the molecule is Cc1cccc(C(C)C)c1NC(=O)CNC[C@@H]1COc2ccccc2O1. The zero-order valence-corrected chi connectivity index (χ0v) is 15.5. The van der Waals surface area contributed by atoms with Crippen molar-refractivity contribution in [3.05, 3.63) is 53.6 Å². The number of benzene rings is 2. The first-order valence-electron chi connectivity index (χ1n) is 9.03. The molecule has 1 heterocycles. The van der Waals surface area contributed by atoms with Crippen molar-refractivity contribution in [2.75, 3.05) is 25.0 Å². The number of ether oxygens (including phenoxy) is 2. The minimum atomic E-state index is -0.109. The molecular weight excluding hydrogens is 328 g/mol. The fourth-order valence-electron chi connectivity index (χ4n) is 3.04. The Bertz CT molecular complexity index is 774. The standard InChI is InChI=1S/C21H26N2O3/c1-14(2)17-8-6-7-15(3)21(17)23-20(24)12-22-11-16-13-25-18-9-4-5-10-19(18)26-16/h4-10,14,16,22H,11-13H2,1-3H3,(H,23,24)/t16-/m1/s1. The molecule has 0 fully saturated rings. The minimum absolute atomic E-state index is 0.0571. The van der Waals surface area contributed by atoms with Crippen LogP contribution in [-0.4, -0.2) is 31.7 Å². The lowest BCUT2D eigenvalue weighted by molar-refractivity contribution is -0.115. The molecule has 1 atom stereocenters. The fraction of sp³-hybridized carbons (Fsp3) is 0.381. The number of hydrogen-bond donors (Lipinski definition) is 2. The highest BCUT2D eigenvalue weighted by atomic mass is 16.6. The maximum Gasteiger partial charge on any atom is 0.238 e. The van der Waals surface area contributed by atoms with E-state index in [4.69, 9.17) is 9.47 Å². The molecule has 1 amide bonds. The molecule has 0 unspecified atom stereocenters. The number of nitrogens with one attached hydrogen (secondary N) is 2. The van der Waals surface area contributed by atoms with Crippen LogP contribution in [0, 0.1) is 6.92 Å². The maximum absolute atomic E-state index is 12.3. The second kappa shape index (κ2) is 8.23. The Morgan fingerprint density at radius 1 is 1.15 bits per heavy atom. The van der Waals surface area contributed by atoms with Crippen LogP contribution in [0.2, 0.25) is 0 Å². The first kappa shape index (κ1) is 18.3. The van der Waals surface area contributed by atoms with Gasteiger partial charge < -0.3 is 20.1 Å². The van der Waals surface area contributed by atoms with Crippen LogP contribution in [0.15, 0.2) is 42.5 Å². The van der Waals surface area contributed by atoms with Crippen molar-refractivity contribution in [2.45, 2.75) is 32.8 Å². The molecule has 5 heteroatoms. The van der Waals surface area contributed by atoms with Crippen molar-refractivity contribution < 1.29 is 14.3 Å². The quantitative estimate of drug-likeness (QED) is 0.834. The molecule has 2 aromatic rings. The van der Waals surface area contributed by atoms with Crippen LogP contribution < -0.4 is 20.1 Å². The predicted octanol–water partition coefficient (Wildman–Crippen LogP) is 3.49. The molecule has 2 aromatic carbocycles. The van der Waals surface area contributed by atoms with E-state index >= 15 is 0 Å². The van der Waals surface area contributed by atoms with Gasteiger partial charge in [-0.3, -0.25) is 4.79 Å². The van der Waals surface area contributed by atoms with E-state index in [0.29, 0.717) is 19.1 Å². The zero-order valence-electron chi connectivity index (χ0n) is 15.5. The number of fused-ring (bicyclic) bond motifs is 1. The highest BCUT2D eigenvalue weighted by Crippen LogP contribution is 2.30. The lowest BCUT2D eigenvalue weighted by Gasteiger charge is -2.26. The smallest absolute Gasteiger partial charge is 0.238 e. The number of aryl methyl sites for hydroxylation is 1. The van der Waals surface area contributed by atoms with E-state index in [-0.39, 0.29) is 18.6 Å². The molecule has 0 aliphatic carbocycles. The average Bonchev–Trinajstić information content (AvgIpc) is 2.63. The second-order valence-electron chi connectivity index (χ2n) is 6.87. The Hall–Kier alpha value is -2.53. The third-order valence-electron chi connectivity index (χ3n) is 4.42. The summed E-state index contributed by atoms with van der Waals surface area (Å²) in [6.45, 7) is 7.52. The topological polar surface area (TPSA) is 59.6 Å². The van der Waals surface area contributed by atoms with E-state index in [0.717, 1.165) is 28.3 Å². The maximum atomic E-state index is 12.3. The van der Waals surface area contributed by atoms with Gasteiger partial charge in [-0.25, -0.2) is 0 Å². The van der Waals surface area contributed by atoms with Crippen molar-refractivity contribution in [3.8, 4) is 11.5 Å². The normalized spacial score (nSPS) is 15.8. The van der Waals surface area contributed by atoms with Gasteiger partial charge in [-0.1, -0.05) is 44.2 Å². The number of para-hydroxylation sites is 3. The summed E-state index contributed by atoms with van der Waals surface area (Å²) in [5.74, 6) is 1.81. The molecule has 5 nitrogen and oxygen atoms in total. The molecule has 0 spiro atoms. The molecule has 138 valence electrons. The van der Waals surface area contributed by atoms with Crippen molar-refractivity contribution in [1.29, 1.82) is 0 Å². The summed E-state index contributed by atoms with van der Waals surface area (Å²) >= 11 is 0. The Kier molecular flexibility index (Phi) is 5.78. The Morgan fingerprint density at radius 2 is 1.92 bits per heavy atom. The van der Waals surface area contributed by atoms with Crippen molar-refractivity contribution in [1.82, 2.24) is 5.32 Å². The van der Waals surface area contributed by atoms with E-state index in [1.54, 1.807) is 0 Å². The Labute approximate surface area is 154 Å². The van der Waals surface area contributed by atoms with Gasteiger partial charge in [0.15, 0.2) is 11.5 Å². The predicted molar refractivity (Wildman–Crippen MR) is 103 cm³/mol. The first-order chi connectivity index (χ1) is 12.5. The molecule has 0 bridgehead atoms. The molecule has 2 N–H and O–H groups in total. The Morgan fingerprint density at radius 3 is 2.69 bits per heavy atom. The van der Waals surface area contributed by atoms with Crippen LogP contribution in [-0.2, 0) is 4.79 Å². The highest BCUT2D eigenvalue weighted by molar-refractivity contribution is 5.93. The van der Waals surface area contributed by atoms with Crippen LogP contribution in [0.5, 0.6) is 11.5 Å². The largest absolute Gasteiger partial charge is 0.486 e. The minimum Gasteiger partial charge on any atom is -0.486 e. The van der Waals surface area contributed by atoms with Crippen LogP contribution in [0.25, 0.3) is 0 Å². The van der Waals surface area contributed by atoms with Crippen molar-refractivity contribution in [2.24, 2.45) is 0 Å². The molecule has 1 aliphatic rings. The van der Waals surface area contributed by atoms with Crippen molar-refractivity contribution in [3.63, 3.8) is 0 Å². The van der Waals surface area contributed by atoms with Crippen LogP contribution in [0.1, 0.15) is 30.9 Å². The van der Waals surface area contributed by atoms with Gasteiger partial charge in [-0.2, -0.15) is 0 Å². The summed E-state index contributed by atoms with van der Waals surface area (Å²) in [5.41, 5.74) is 3.14. The van der Waals surface area contributed by atoms with Gasteiger partial charge in [-0.15, -0.1) is 0 Å². The van der Waals surface area contributed by atoms with Gasteiger partial charge in [0.25, 0.3) is 0 Å². The van der Waals surface area contributed by atoms with Gasteiger partial charge in [0.05, 0.1) is 6.54 Å². The Balaban J connectivity index is 1.50. The second-order valence-corrected chi connectivity index (χ2v) is 6.87. The van der Waals surface area contributed by atoms with E-state index in [9.17, 15) is 4.79 Å². The summed E-state index contributed by atoms with van der Waals surface area (Å²) in [4.78, 5) is 12.3. The first-order valence-corrected chi connectivity index (χ1v) is 9.03. The van der Waals surface area contributed by atoms with Gasteiger partial charge in [0.2, 0.25) is 5.91 Å². The summed E-state index contributed by atoms with van der Waals surface area (Å²) in [6.07, 6.45) is -0.109. The molecular formula is C21H26N2O3. The lowest BCUT2D eigenvalue weighted by atomic mass is 9.98. The van der Waals surface area contributed by atoms with Crippen LogP contribution >= 0.6 is 0 Å². The summed E-state index contributed by atoms with van der Waals surface area (Å²) in [7, 11) is 0. The molecule has 3 rings (SSSR count). The molecule has 26 heavy (non-hydrogen) atoms. The van der Waals surface area contributed by atoms with Gasteiger partial charge in [0.1, 0.15) is 12.7 Å². The molecule has 0 saturated carbocycles. The molecule has 0 aromatic heterocycles. The third-order valence-corrected chi connectivity index (χ3v) is 4.42. The van der Waals surface area contributed by atoms with E-state index in [2.05, 4.69) is 30.5 Å². The van der Waals surface area contributed by atoms with Crippen LogP contribution in [0.3, 0.4) is 0 Å². The summed E-state index contributed by atoms with van der Waals surface area (Å²) in [5, 5.41) is 6.20. The van der Waals surface area contributed by atoms with Gasteiger partial charge >= 0.3 is 0 Å². The van der Waals surface area contributed by atoms with Crippen molar-refractivity contribution >= 4 is 11.6 Å². The lowest BCUT2D eigenvalue weighted by Crippen LogP contribution is -2.41. The van der Waals surface area contributed by atoms with E-state index in [1.165, 1.54) is 0 Å². The number of hydrogen-bond acceptors (Lipinski definition) is 4. The summed E-state index contributed by atoms with van der Waals surface area (Å²) < 4.78 is 11.6. The number of rotatable bonds is 6. The number of carbonyl (C=O) groups excluding carboxylic acids is 1. The molecule has 0 radical (unpaired) electrons. The highest BCUT2D eigenvalue weighted by Gasteiger charge is 2.20. The summed E-state index contributed by atoms with van der Waals surface area (Å²) in [6, 6.07) is 13.7. The fourth-order valence-corrected chi connectivity index (χ4v) is 3.04. The number of carbonyl (C=O) groups is 1. The van der Waals surface area contributed by atoms with E-state index in [1.807, 2.05) is 43.3 Å². The molecule has 0 saturated heterocycles. The number of amides is 1. The van der Waals surface area contributed by atoms with Crippen LogP contribution in [0.4, 0.5) is 5.69 Å². The average molecular weight is 354 g/mol. The van der Waals surface area contributed by atoms with E-state index < -0.39 is 0 Å².